The summed E-state index contributed by atoms with van der Waals surface area (Å²) in [4.78, 5) is 23.6. The smallest absolute Gasteiger partial charge is 0.269 e. The lowest BCUT2D eigenvalue weighted by Crippen LogP contribution is -2.42. The molecule has 0 aliphatic carbocycles. The molecule has 0 atom stereocenters. The van der Waals surface area contributed by atoms with Gasteiger partial charge in [0, 0.05) is 13.1 Å². The maximum Gasteiger partial charge on any atom is 0.269 e. The van der Waals surface area contributed by atoms with Crippen molar-refractivity contribution in [3.8, 4) is 11.5 Å². The Hall–Kier alpha value is -3.06. The molecule has 2 aromatic carbocycles. The van der Waals surface area contributed by atoms with Crippen LogP contribution in [0.1, 0.15) is 20.7 Å². The Kier molecular flexibility index (Phi) is 5.54. The number of hydrazine groups is 1. The van der Waals surface area contributed by atoms with E-state index in [1.165, 1.54) is 24.3 Å². The van der Waals surface area contributed by atoms with Crippen LogP contribution in [-0.4, -0.2) is 35.1 Å². The van der Waals surface area contributed by atoms with Gasteiger partial charge in [-0.15, -0.1) is 0 Å². The number of para-hydroxylation sites is 2. The molecule has 0 heterocycles. The molecular weight excluding hydrogens is 298 g/mol. The van der Waals surface area contributed by atoms with E-state index < -0.39 is 11.8 Å². The van der Waals surface area contributed by atoms with Crippen LogP contribution in [0.25, 0.3) is 0 Å². The molecule has 0 aliphatic rings. The minimum atomic E-state index is -0.477. The van der Waals surface area contributed by atoms with Crippen LogP contribution in [0, 0.1) is 0 Å². The molecule has 0 fully saturated rings. The van der Waals surface area contributed by atoms with E-state index in [-0.39, 0.29) is 35.7 Å². The van der Waals surface area contributed by atoms with Crippen LogP contribution in [0.15, 0.2) is 48.5 Å². The number of carbonyl (C=O) groups excluding carboxylic acids is 2. The van der Waals surface area contributed by atoms with Gasteiger partial charge in [-0.2, -0.15) is 0 Å². The second-order valence-electron chi connectivity index (χ2n) is 4.67. The van der Waals surface area contributed by atoms with Crippen molar-refractivity contribution in [2.24, 2.45) is 0 Å². The Morgan fingerprint density at radius 2 is 1.30 bits per heavy atom. The normalized spacial score (nSPS) is 10.1. The molecule has 0 aliphatic heterocycles. The van der Waals surface area contributed by atoms with Crippen molar-refractivity contribution in [3.63, 3.8) is 0 Å². The van der Waals surface area contributed by atoms with Gasteiger partial charge in [-0.1, -0.05) is 24.3 Å². The highest BCUT2D eigenvalue weighted by Crippen LogP contribution is 2.15. The first-order valence-electron chi connectivity index (χ1n) is 6.97. The number of carbonyl (C=O) groups is 2. The molecule has 0 aromatic heterocycles. The number of aromatic hydroxyl groups is 2. The van der Waals surface area contributed by atoms with Crippen LogP contribution >= 0.6 is 0 Å². The van der Waals surface area contributed by atoms with E-state index >= 15 is 0 Å². The van der Waals surface area contributed by atoms with Crippen molar-refractivity contribution in [3.05, 3.63) is 59.7 Å². The first-order chi connectivity index (χ1) is 11.1. The number of benzene rings is 2. The van der Waals surface area contributed by atoms with Crippen molar-refractivity contribution < 1.29 is 19.8 Å². The Balaban J connectivity index is 1.72. The predicted molar refractivity (Wildman–Crippen MR) is 84.0 cm³/mol. The topological polar surface area (TPSA) is 111 Å². The van der Waals surface area contributed by atoms with Crippen molar-refractivity contribution in [2.45, 2.75) is 0 Å². The van der Waals surface area contributed by atoms with Gasteiger partial charge in [0.15, 0.2) is 0 Å². The van der Waals surface area contributed by atoms with E-state index in [2.05, 4.69) is 16.2 Å². The lowest BCUT2D eigenvalue weighted by molar-refractivity contribution is 0.0930. The zero-order valence-corrected chi connectivity index (χ0v) is 12.2. The standard InChI is InChI=1S/C16H17N3O4/c20-13-7-3-1-5-11(13)15(22)17-9-10-18-19-16(23)12-6-2-4-8-14(12)21/h1-8,18,20-21H,9-10H2,(H,17,22)(H,19,23). The van der Waals surface area contributed by atoms with Crippen molar-refractivity contribution >= 4 is 11.8 Å². The molecule has 2 rings (SSSR count). The lowest BCUT2D eigenvalue weighted by atomic mass is 10.2. The van der Waals surface area contributed by atoms with Gasteiger partial charge in [0.05, 0.1) is 11.1 Å². The van der Waals surface area contributed by atoms with Crippen LogP contribution in [0.2, 0.25) is 0 Å². The average Bonchev–Trinajstić information content (AvgIpc) is 2.55. The number of phenols is 2. The number of phenolic OH excluding ortho intramolecular Hbond substituents is 2. The van der Waals surface area contributed by atoms with Crippen molar-refractivity contribution in [1.29, 1.82) is 0 Å². The molecule has 0 spiro atoms. The molecular formula is C16H17N3O4. The molecule has 5 N–H and O–H groups in total. The Labute approximate surface area is 132 Å². The summed E-state index contributed by atoms with van der Waals surface area (Å²) in [5.41, 5.74) is 5.40. The fourth-order valence-corrected chi connectivity index (χ4v) is 1.88. The second-order valence-corrected chi connectivity index (χ2v) is 4.67. The summed E-state index contributed by atoms with van der Waals surface area (Å²) in [5, 5.41) is 21.7. The SMILES string of the molecule is O=C(NCCNNC(=O)c1ccccc1O)c1ccccc1O. The largest absolute Gasteiger partial charge is 0.507 e. The van der Waals surface area contributed by atoms with E-state index in [1.54, 1.807) is 24.3 Å². The van der Waals surface area contributed by atoms with E-state index in [9.17, 15) is 19.8 Å². The lowest BCUT2D eigenvalue weighted by Gasteiger charge is -2.09. The van der Waals surface area contributed by atoms with Crippen LogP contribution in [0.5, 0.6) is 11.5 Å². The predicted octanol–water partition coefficient (Wildman–Crippen LogP) is 0.762. The molecule has 0 bridgehead atoms. The molecule has 2 aromatic rings. The summed E-state index contributed by atoms with van der Waals surface area (Å²) in [6.45, 7) is 0.521. The van der Waals surface area contributed by atoms with Crippen molar-refractivity contribution in [2.75, 3.05) is 13.1 Å². The van der Waals surface area contributed by atoms with Crippen LogP contribution in [0.4, 0.5) is 0 Å². The van der Waals surface area contributed by atoms with Gasteiger partial charge in [0.2, 0.25) is 0 Å². The molecule has 2 amide bonds. The number of rotatable bonds is 6. The first-order valence-corrected chi connectivity index (χ1v) is 6.97. The number of nitrogens with one attached hydrogen (secondary N) is 3. The summed E-state index contributed by atoms with van der Waals surface area (Å²) < 4.78 is 0. The average molecular weight is 315 g/mol. The third-order valence-corrected chi connectivity index (χ3v) is 3.03. The van der Waals surface area contributed by atoms with Crippen LogP contribution < -0.4 is 16.2 Å². The molecule has 7 nitrogen and oxygen atoms in total. The van der Waals surface area contributed by atoms with Crippen molar-refractivity contribution in [1.82, 2.24) is 16.2 Å². The molecule has 0 saturated carbocycles. The minimum Gasteiger partial charge on any atom is -0.507 e. The summed E-state index contributed by atoms with van der Waals surface area (Å²) in [6, 6.07) is 12.4. The van der Waals surface area contributed by atoms with Crippen LogP contribution in [0.3, 0.4) is 0 Å². The maximum atomic E-state index is 11.8. The van der Waals surface area contributed by atoms with Gasteiger partial charge in [-0.25, -0.2) is 5.43 Å². The molecule has 23 heavy (non-hydrogen) atoms. The van der Waals surface area contributed by atoms with Crippen LogP contribution in [-0.2, 0) is 0 Å². The van der Waals surface area contributed by atoms with E-state index in [0.29, 0.717) is 0 Å². The zero-order valence-electron chi connectivity index (χ0n) is 12.2. The second kappa shape index (κ2) is 7.81. The highest BCUT2D eigenvalue weighted by molar-refractivity contribution is 5.97. The fourth-order valence-electron chi connectivity index (χ4n) is 1.88. The molecule has 7 heteroatoms. The zero-order chi connectivity index (χ0) is 16.7. The summed E-state index contributed by atoms with van der Waals surface area (Å²) >= 11 is 0. The van der Waals surface area contributed by atoms with Gasteiger partial charge >= 0.3 is 0 Å². The third-order valence-electron chi connectivity index (χ3n) is 3.03. The highest BCUT2D eigenvalue weighted by atomic mass is 16.3. The maximum absolute atomic E-state index is 11.8. The molecule has 0 radical (unpaired) electrons. The van der Waals surface area contributed by atoms with E-state index in [1.807, 2.05) is 0 Å². The summed E-state index contributed by atoms with van der Waals surface area (Å²) in [7, 11) is 0. The van der Waals surface area contributed by atoms with Gasteiger partial charge in [0.1, 0.15) is 11.5 Å². The monoisotopic (exact) mass is 315 g/mol. The van der Waals surface area contributed by atoms with Gasteiger partial charge in [0.25, 0.3) is 11.8 Å². The third kappa shape index (κ3) is 4.45. The van der Waals surface area contributed by atoms with E-state index in [0.717, 1.165) is 0 Å². The van der Waals surface area contributed by atoms with Gasteiger partial charge < -0.3 is 15.5 Å². The highest BCUT2D eigenvalue weighted by Gasteiger charge is 2.10. The fraction of sp³-hybridized carbons (Fsp3) is 0.125. The quantitative estimate of drug-likeness (QED) is 0.399. The Morgan fingerprint density at radius 1 is 0.783 bits per heavy atom. The first kappa shape index (κ1) is 16.3. The number of hydrogen-bond donors (Lipinski definition) is 5. The number of amides is 2. The number of hydrogen-bond acceptors (Lipinski definition) is 5. The molecule has 0 saturated heterocycles. The molecule has 120 valence electrons. The molecule has 0 unspecified atom stereocenters. The van der Waals surface area contributed by atoms with Gasteiger partial charge in [-0.3, -0.25) is 15.0 Å². The summed E-state index contributed by atoms with van der Waals surface area (Å²) in [6.07, 6.45) is 0. The Morgan fingerprint density at radius 3 is 1.87 bits per heavy atom. The Bertz CT molecular complexity index is 644. The minimum absolute atomic E-state index is 0.0918. The van der Waals surface area contributed by atoms with E-state index in [4.69, 9.17) is 0 Å². The summed E-state index contributed by atoms with van der Waals surface area (Å²) in [5.74, 6) is -1.09. The van der Waals surface area contributed by atoms with Gasteiger partial charge in [-0.05, 0) is 24.3 Å².